The van der Waals surface area contributed by atoms with Gasteiger partial charge in [0, 0.05) is 30.9 Å². The lowest BCUT2D eigenvalue weighted by molar-refractivity contribution is -0.134. The summed E-state index contributed by atoms with van der Waals surface area (Å²) in [4.78, 5) is 13.9. The molecule has 0 amide bonds. The Morgan fingerprint density at radius 1 is 1.20 bits per heavy atom. The van der Waals surface area contributed by atoms with Gasteiger partial charge in [-0.25, -0.2) is 4.79 Å². The van der Waals surface area contributed by atoms with Gasteiger partial charge in [-0.15, -0.1) is 0 Å². The number of esters is 1. The molecule has 0 spiro atoms. The highest BCUT2D eigenvalue weighted by Gasteiger charge is 2.27. The molecular formula is C25H33N3O2. The molecule has 0 N–H and O–H groups in total. The Balaban J connectivity index is 1.39. The van der Waals surface area contributed by atoms with Crippen LogP contribution in [0.25, 0.3) is 6.08 Å². The summed E-state index contributed by atoms with van der Waals surface area (Å²) in [6.07, 6.45) is 9.50. The number of aryl methyl sites for hydroxylation is 1. The van der Waals surface area contributed by atoms with Crippen molar-refractivity contribution in [2.45, 2.75) is 58.5 Å². The monoisotopic (exact) mass is 407 g/mol. The van der Waals surface area contributed by atoms with Gasteiger partial charge < -0.3 is 4.74 Å². The first-order valence-electron chi connectivity index (χ1n) is 11.2. The van der Waals surface area contributed by atoms with E-state index in [1.165, 1.54) is 61.4 Å². The molecule has 0 radical (unpaired) electrons. The van der Waals surface area contributed by atoms with Crippen molar-refractivity contribution in [3.05, 3.63) is 58.4 Å². The van der Waals surface area contributed by atoms with E-state index in [9.17, 15) is 4.79 Å². The van der Waals surface area contributed by atoms with Crippen LogP contribution >= 0.6 is 0 Å². The Labute approximate surface area is 179 Å². The number of carbonyl (C=O) groups is 1. The third-order valence-electron chi connectivity index (χ3n) is 6.61. The number of hydrogen-bond donors (Lipinski definition) is 0. The quantitative estimate of drug-likeness (QED) is 0.478. The van der Waals surface area contributed by atoms with Gasteiger partial charge in [0.15, 0.2) is 0 Å². The SMILES string of the molecule is COC(=O)C=Cc1ccc(C2CCCN2CCc2c(C)nn(CC3CC3)c2C)cc1. The minimum atomic E-state index is -0.327. The van der Waals surface area contributed by atoms with Crippen LogP contribution in [0.2, 0.25) is 0 Å². The van der Waals surface area contributed by atoms with Crippen LogP contribution in [0.15, 0.2) is 30.3 Å². The highest BCUT2D eigenvalue weighted by atomic mass is 16.5. The summed E-state index contributed by atoms with van der Waals surface area (Å²) in [7, 11) is 1.39. The average molecular weight is 408 g/mol. The molecule has 30 heavy (non-hydrogen) atoms. The van der Waals surface area contributed by atoms with E-state index in [4.69, 9.17) is 5.10 Å². The molecular weight excluding hydrogens is 374 g/mol. The summed E-state index contributed by atoms with van der Waals surface area (Å²) in [5.74, 6) is 0.524. The standard InChI is InChI=1S/C25H33N3O2/c1-18-23(19(2)28(26-18)17-21-6-7-21)14-16-27-15-4-5-24(27)22-11-8-20(9-12-22)10-13-25(29)30-3/h8-13,21,24H,4-7,14-17H2,1-3H3. The fourth-order valence-corrected chi connectivity index (χ4v) is 4.61. The van der Waals surface area contributed by atoms with Gasteiger partial charge in [0.2, 0.25) is 0 Å². The topological polar surface area (TPSA) is 47.4 Å². The van der Waals surface area contributed by atoms with Crippen molar-refractivity contribution in [1.29, 1.82) is 0 Å². The van der Waals surface area contributed by atoms with Crippen LogP contribution in [0.4, 0.5) is 0 Å². The molecule has 0 bridgehead atoms. The zero-order valence-electron chi connectivity index (χ0n) is 18.4. The molecule has 4 rings (SSSR count). The van der Waals surface area contributed by atoms with Crippen molar-refractivity contribution in [1.82, 2.24) is 14.7 Å². The minimum absolute atomic E-state index is 0.327. The third kappa shape index (κ3) is 4.84. The molecule has 5 nitrogen and oxygen atoms in total. The zero-order chi connectivity index (χ0) is 21.1. The smallest absolute Gasteiger partial charge is 0.330 e. The Morgan fingerprint density at radius 3 is 2.67 bits per heavy atom. The first-order valence-corrected chi connectivity index (χ1v) is 11.2. The van der Waals surface area contributed by atoms with Crippen molar-refractivity contribution in [2.75, 3.05) is 20.2 Å². The molecule has 1 saturated heterocycles. The molecule has 2 fully saturated rings. The fourth-order valence-electron chi connectivity index (χ4n) is 4.61. The molecule has 2 aromatic rings. The molecule has 1 aliphatic heterocycles. The predicted molar refractivity (Wildman–Crippen MR) is 119 cm³/mol. The fraction of sp³-hybridized carbons (Fsp3) is 0.520. The van der Waals surface area contributed by atoms with E-state index in [1.54, 1.807) is 6.08 Å². The lowest BCUT2D eigenvalue weighted by atomic mass is 10.0. The molecule has 1 aromatic heterocycles. The number of methoxy groups -OCH3 is 1. The van der Waals surface area contributed by atoms with Crippen LogP contribution in [0.1, 0.15) is 59.8 Å². The molecule has 1 aromatic carbocycles. The summed E-state index contributed by atoms with van der Waals surface area (Å²) in [6, 6.07) is 9.04. The van der Waals surface area contributed by atoms with Gasteiger partial charge >= 0.3 is 5.97 Å². The van der Waals surface area contributed by atoms with Gasteiger partial charge in [-0.1, -0.05) is 24.3 Å². The summed E-state index contributed by atoms with van der Waals surface area (Å²) < 4.78 is 6.90. The predicted octanol–water partition coefficient (Wildman–Crippen LogP) is 4.48. The molecule has 5 heteroatoms. The number of aromatic nitrogens is 2. The van der Waals surface area contributed by atoms with Crippen molar-refractivity contribution >= 4 is 12.0 Å². The Morgan fingerprint density at radius 2 is 1.97 bits per heavy atom. The van der Waals surface area contributed by atoms with E-state index in [0.717, 1.165) is 37.5 Å². The normalized spacial score (nSPS) is 19.6. The van der Waals surface area contributed by atoms with Gasteiger partial charge in [-0.05, 0) is 81.2 Å². The van der Waals surface area contributed by atoms with E-state index in [-0.39, 0.29) is 5.97 Å². The number of rotatable bonds is 8. The zero-order valence-corrected chi connectivity index (χ0v) is 18.4. The van der Waals surface area contributed by atoms with E-state index < -0.39 is 0 Å². The van der Waals surface area contributed by atoms with Crippen LogP contribution in [-0.2, 0) is 22.5 Å². The first kappa shape index (κ1) is 20.9. The number of benzene rings is 1. The molecule has 1 aliphatic carbocycles. The second kappa shape index (κ2) is 9.17. The van der Waals surface area contributed by atoms with Gasteiger partial charge in [0.25, 0.3) is 0 Å². The number of hydrogen-bond acceptors (Lipinski definition) is 4. The maximum Gasteiger partial charge on any atom is 0.330 e. The van der Waals surface area contributed by atoms with Gasteiger partial charge in [0.05, 0.1) is 12.8 Å². The number of carbonyl (C=O) groups excluding carboxylic acids is 1. The molecule has 160 valence electrons. The van der Waals surface area contributed by atoms with Gasteiger partial charge in [-0.3, -0.25) is 9.58 Å². The summed E-state index contributed by atoms with van der Waals surface area (Å²) >= 11 is 0. The Kier molecular flexibility index (Phi) is 6.38. The number of ether oxygens (including phenoxy) is 1. The second-order valence-corrected chi connectivity index (χ2v) is 8.74. The van der Waals surface area contributed by atoms with Crippen molar-refractivity contribution in [2.24, 2.45) is 5.92 Å². The first-order chi connectivity index (χ1) is 14.5. The van der Waals surface area contributed by atoms with Crippen molar-refractivity contribution < 1.29 is 9.53 Å². The molecule has 1 atom stereocenters. The van der Waals surface area contributed by atoms with E-state index in [2.05, 4.69) is 52.4 Å². The maximum absolute atomic E-state index is 11.3. The highest BCUT2D eigenvalue weighted by Crippen LogP contribution is 2.33. The Bertz CT molecular complexity index is 909. The van der Waals surface area contributed by atoms with Crippen LogP contribution in [0, 0.1) is 19.8 Å². The second-order valence-electron chi connectivity index (χ2n) is 8.74. The van der Waals surface area contributed by atoms with Crippen molar-refractivity contribution in [3.8, 4) is 0 Å². The lowest BCUT2D eigenvalue weighted by Gasteiger charge is -2.25. The molecule has 1 saturated carbocycles. The highest BCUT2D eigenvalue weighted by molar-refractivity contribution is 5.86. The van der Waals surface area contributed by atoms with Crippen LogP contribution in [0.5, 0.6) is 0 Å². The van der Waals surface area contributed by atoms with Crippen LogP contribution < -0.4 is 0 Å². The summed E-state index contributed by atoms with van der Waals surface area (Å²) in [5, 5.41) is 4.82. The van der Waals surface area contributed by atoms with Crippen LogP contribution in [-0.4, -0.2) is 40.8 Å². The van der Waals surface area contributed by atoms with Crippen molar-refractivity contribution in [3.63, 3.8) is 0 Å². The van der Waals surface area contributed by atoms with E-state index in [1.807, 2.05) is 0 Å². The average Bonchev–Trinajstić information content (AvgIpc) is 3.38. The summed E-state index contributed by atoms with van der Waals surface area (Å²) in [5.41, 5.74) is 6.37. The Hall–Kier alpha value is -2.40. The van der Waals surface area contributed by atoms with Gasteiger partial charge in [0.1, 0.15) is 0 Å². The molecule has 2 aliphatic rings. The maximum atomic E-state index is 11.3. The summed E-state index contributed by atoms with van der Waals surface area (Å²) in [6.45, 7) is 7.72. The van der Waals surface area contributed by atoms with Gasteiger partial charge in [-0.2, -0.15) is 5.10 Å². The van der Waals surface area contributed by atoms with E-state index >= 15 is 0 Å². The third-order valence-corrected chi connectivity index (χ3v) is 6.61. The number of likely N-dealkylation sites (tertiary alicyclic amines) is 1. The van der Waals surface area contributed by atoms with Crippen LogP contribution in [0.3, 0.4) is 0 Å². The lowest BCUT2D eigenvalue weighted by Crippen LogP contribution is -2.26. The molecule has 1 unspecified atom stereocenters. The largest absolute Gasteiger partial charge is 0.466 e. The van der Waals surface area contributed by atoms with E-state index in [0.29, 0.717) is 6.04 Å². The minimum Gasteiger partial charge on any atom is -0.466 e. The molecule has 2 heterocycles. The number of nitrogens with zero attached hydrogens (tertiary/aromatic N) is 3.